The monoisotopic (exact) mass is 310 g/mol. The summed E-state index contributed by atoms with van der Waals surface area (Å²) in [4.78, 5) is 0. The Hall–Kier alpha value is -1.85. The highest BCUT2D eigenvalue weighted by Gasteiger charge is 2.54. The molecule has 0 fully saturated rings. The average Bonchev–Trinajstić information content (AvgIpc) is 2.46. The first-order valence-corrected chi connectivity index (χ1v) is 6.77. The smallest absolute Gasteiger partial charge is 0.381 e. The third-order valence-electron chi connectivity index (χ3n) is 3.69. The molecule has 5 heteroatoms. The van der Waals surface area contributed by atoms with Crippen LogP contribution in [0.15, 0.2) is 48.5 Å². The predicted octanol–water partition coefficient (Wildman–Crippen LogP) is 3.46. The van der Waals surface area contributed by atoms with E-state index in [0.717, 1.165) is 11.1 Å². The molecule has 2 N–H and O–H groups in total. The summed E-state index contributed by atoms with van der Waals surface area (Å²) >= 11 is 0. The normalized spacial score (nSPS) is 14.0. The van der Waals surface area contributed by atoms with Crippen molar-refractivity contribution >= 4 is 0 Å². The molecule has 2 nitrogen and oxygen atoms in total. The summed E-state index contributed by atoms with van der Waals surface area (Å²) in [6, 6.07) is 12.0. The fourth-order valence-electron chi connectivity index (χ4n) is 2.33. The van der Waals surface area contributed by atoms with Gasteiger partial charge in [-0.3, -0.25) is 0 Å². The van der Waals surface area contributed by atoms with Gasteiger partial charge in [0.25, 0.3) is 0 Å². The van der Waals surface area contributed by atoms with E-state index in [-0.39, 0.29) is 11.1 Å². The van der Waals surface area contributed by atoms with Crippen LogP contribution in [0.1, 0.15) is 22.3 Å². The second-order valence-corrected chi connectivity index (χ2v) is 5.44. The van der Waals surface area contributed by atoms with E-state index in [2.05, 4.69) is 0 Å². The van der Waals surface area contributed by atoms with Gasteiger partial charge in [0.15, 0.2) is 6.10 Å². The van der Waals surface area contributed by atoms with E-state index in [4.69, 9.17) is 0 Å². The molecule has 2 rings (SSSR count). The summed E-state index contributed by atoms with van der Waals surface area (Å²) in [5, 5.41) is 20.5. The molecular formula is C17H17F3O2. The predicted molar refractivity (Wildman–Crippen MR) is 77.4 cm³/mol. The van der Waals surface area contributed by atoms with Gasteiger partial charge in [-0.05, 0) is 25.0 Å². The van der Waals surface area contributed by atoms with Crippen LogP contribution in [0.25, 0.3) is 0 Å². The Balaban J connectivity index is 2.63. The molecule has 0 aliphatic heterocycles. The fraction of sp³-hybridized carbons (Fsp3) is 0.294. The van der Waals surface area contributed by atoms with Crippen LogP contribution in [0, 0.1) is 13.8 Å². The summed E-state index contributed by atoms with van der Waals surface area (Å²) in [5.41, 5.74) is -0.883. The van der Waals surface area contributed by atoms with E-state index in [9.17, 15) is 23.4 Å². The Labute approximate surface area is 126 Å². The third-order valence-corrected chi connectivity index (χ3v) is 3.69. The quantitative estimate of drug-likeness (QED) is 0.911. The highest BCUT2D eigenvalue weighted by Crippen LogP contribution is 2.40. The van der Waals surface area contributed by atoms with E-state index < -0.39 is 17.9 Å². The van der Waals surface area contributed by atoms with Gasteiger partial charge in [-0.15, -0.1) is 0 Å². The number of alkyl halides is 3. The van der Waals surface area contributed by atoms with Crippen LogP contribution < -0.4 is 0 Å². The highest BCUT2D eigenvalue weighted by atomic mass is 19.4. The lowest BCUT2D eigenvalue weighted by Gasteiger charge is -2.35. The number of rotatable bonds is 3. The molecule has 0 saturated carbocycles. The molecule has 118 valence electrons. The number of benzene rings is 2. The molecule has 0 bridgehead atoms. The lowest BCUT2D eigenvalue weighted by molar-refractivity contribution is -0.250. The lowest BCUT2D eigenvalue weighted by Crippen LogP contribution is -2.49. The molecular weight excluding hydrogens is 293 g/mol. The molecule has 1 unspecified atom stereocenters. The summed E-state index contributed by atoms with van der Waals surface area (Å²) in [6.07, 6.45) is -7.88. The largest absolute Gasteiger partial charge is 0.417 e. The Bertz CT molecular complexity index is 585. The van der Waals surface area contributed by atoms with Crippen molar-refractivity contribution in [2.45, 2.75) is 31.7 Å². The van der Waals surface area contributed by atoms with Gasteiger partial charge in [0.2, 0.25) is 0 Å². The Morgan fingerprint density at radius 1 is 0.773 bits per heavy atom. The first-order chi connectivity index (χ1) is 10.2. The van der Waals surface area contributed by atoms with Crippen molar-refractivity contribution in [2.24, 2.45) is 0 Å². The maximum atomic E-state index is 13.1. The minimum absolute atomic E-state index is 0.00761. The van der Waals surface area contributed by atoms with Gasteiger partial charge in [-0.1, -0.05) is 59.7 Å². The number of aliphatic hydroxyl groups is 2. The molecule has 0 aliphatic carbocycles. The molecule has 0 radical (unpaired) electrons. The molecule has 0 aliphatic rings. The number of aryl methyl sites for hydroxylation is 2. The second-order valence-electron chi connectivity index (χ2n) is 5.44. The average molecular weight is 310 g/mol. The van der Waals surface area contributed by atoms with Gasteiger partial charge >= 0.3 is 6.18 Å². The van der Waals surface area contributed by atoms with Crippen LogP contribution in [0.5, 0.6) is 0 Å². The van der Waals surface area contributed by atoms with E-state index in [1.54, 1.807) is 38.1 Å². The maximum absolute atomic E-state index is 13.1. The molecule has 2 aromatic carbocycles. The second kappa shape index (κ2) is 5.74. The molecule has 0 spiro atoms. The number of aliphatic hydroxyl groups excluding tert-OH is 1. The fourth-order valence-corrected chi connectivity index (χ4v) is 2.33. The van der Waals surface area contributed by atoms with E-state index in [1.165, 1.54) is 24.3 Å². The third kappa shape index (κ3) is 3.00. The first kappa shape index (κ1) is 16.5. The number of hydrogen-bond acceptors (Lipinski definition) is 2. The van der Waals surface area contributed by atoms with Gasteiger partial charge < -0.3 is 10.2 Å². The van der Waals surface area contributed by atoms with Gasteiger partial charge in [0, 0.05) is 0 Å². The Morgan fingerprint density at radius 3 is 1.36 bits per heavy atom. The lowest BCUT2D eigenvalue weighted by atomic mass is 9.81. The van der Waals surface area contributed by atoms with Crippen LogP contribution in [-0.2, 0) is 5.60 Å². The molecule has 0 amide bonds. The van der Waals surface area contributed by atoms with Crippen LogP contribution in [0.3, 0.4) is 0 Å². The first-order valence-electron chi connectivity index (χ1n) is 6.77. The van der Waals surface area contributed by atoms with Gasteiger partial charge in [0.1, 0.15) is 5.60 Å². The highest BCUT2D eigenvalue weighted by molar-refractivity contribution is 5.40. The summed E-state index contributed by atoms with van der Waals surface area (Å²) in [7, 11) is 0. The van der Waals surface area contributed by atoms with Crippen molar-refractivity contribution < 1.29 is 23.4 Å². The van der Waals surface area contributed by atoms with Crippen molar-refractivity contribution in [3.05, 3.63) is 70.8 Å². The zero-order chi connectivity index (χ0) is 16.5. The minimum Gasteiger partial charge on any atom is -0.381 e. The Kier molecular flexibility index (Phi) is 4.31. The molecule has 1 atom stereocenters. The van der Waals surface area contributed by atoms with Gasteiger partial charge in [-0.25, -0.2) is 0 Å². The summed E-state index contributed by atoms with van der Waals surface area (Å²) < 4.78 is 39.2. The SMILES string of the molecule is Cc1ccc(C(O)(c2ccc(C)cc2)C(O)C(F)(F)F)cc1. The standard InChI is InChI=1S/C17H17F3O2/c1-11-3-7-13(8-4-11)16(22,15(21)17(18,19)20)14-9-5-12(2)6-10-14/h3-10,15,21-22H,1-2H3. The summed E-state index contributed by atoms with van der Waals surface area (Å²) in [6.45, 7) is 3.57. The topological polar surface area (TPSA) is 40.5 Å². The molecule has 0 aromatic heterocycles. The van der Waals surface area contributed by atoms with E-state index in [1.807, 2.05) is 0 Å². The zero-order valence-electron chi connectivity index (χ0n) is 12.2. The minimum atomic E-state index is -4.95. The molecule has 0 saturated heterocycles. The van der Waals surface area contributed by atoms with Crippen LogP contribution in [0.4, 0.5) is 13.2 Å². The summed E-state index contributed by atoms with van der Waals surface area (Å²) in [5.74, 6) is 0. The molecule has 22 heavy (non-hydrogen) atoms. The number of hydrogen-bond donors (Lipinski definition) is 2. The van der Waals surface area contributed by atoms with Crippen LogP contribution in [0.2, 0.25) is 0 Å². The van der Waals surface area contributed by atoms with Gasteiger partial charge in [0.05, 0.1) is 0 Å². The number of halogens is 3. The molecule has 2 aromatic rings. The van der Waals surface area contributed by atoms with Crippen LogP contribution in [-0.4, -0.2) is 22.5 Å². The van der Waals surface area contributed by atoms with Crippen molar-refractivity contribution in [2.75, 3.05) is 0 Å². The maximum Gasteiger partial charge on any atom is 0.417 e. The van der Waals surface area contributed by atoms with Gasteiger partial charge in [-0.2, -0.15) is 13.2 Å². The molecule has 0 heterocycles. The van der Waals surface area contributed by atoms with Crippen molar-refractivity contribution in [3.63, 3.8) is 0 Å². The van der Waals surface area contributed by atoms with E-state index in [0.29, 0.717) is 0 Å². The van der Waals surface area contributed by atoms with E-state index >= 15 is 0 Å². The van der Waals surface area contributed by atoms with Crippen molar-refractivity contribution in [1.82, 2.24) is 0 Å². The Morgan fingerprint density at radius 2 is 1.09 bits per heavy atom. The van der Waals surface area contributed by atoms with Crippen LogP contribution >= 0.6 is 0 Å². The van der Waals surface area contributed by atoms with Crippen molar-refractivity contribution in [1.29, 1.82) is 0 Å². The van der Waals surface area contributed by atoms with Crippen molar-refractivity contribution in [3.8, 4) is 0 Å². The zero-order valence-corrected chi connectivity index (χ0v) is 12.2.